The van der Waals surface area contributed by atoms with Gasteiger partial charge < -0.3 is 14.8 Å². The summed E-state index contributed by atoms with van der Waals surface area (Å²) in [6, 6.07) is 1.77. The van der Waals surface area contributed by atoms with Gasteiger partial charge in [0.2, 0.25) is 5.95 Å². The Hall–Kier alpha value is -2.86. The van der Waals surface area contributed by atoms with Crippen molar-refractivity contribution in [2.45, 2.75) is 50.7 Å². The van der Waals surface area contributed by atoms with Crippen LogP contribution < -0.4 is 10.3 Å². The number of aromatic nitrogens is 2. The lowest BCUT2D eigenvalue weighted by atomic mass is 10.0. The van der Waals surface area contributed by atoms with Crippen LogP contribution in [0.1, 0.15) is 42.0 Å². The van der Waals surface area contributed by atoms with Gasteiger partial charge in [-0.3, -0.25) is 0 Å². The summed E-state index contributed by atoms with van der Waals surface area (Å²) in [6.07, 6.45) is -3.09. The molecule has 0 radical (unpaired) electrons. The number of anilines is 1. The van der Waals surface area contributed by atoms with E-state index < -0.39 is 23.5 Å². The Bertz CT molecular complexity index is 1070. The van der Waals surface area contributed by atoms with Crippen molar-refractivity contribution in [2.24, 2.45) is 0 Å². The molecular weight excluding hydrogens is 486 g/mol. The maximum atomic E-state index is 13.4. The van der Waals surface area contributed by atoms with E-state index in [1.807, 2.05) is 27.2 Å². The molecule has 0 amide bonds. The van der Waals surface area contributed by atoms with Crippen LogP contribution in [-0.2, 0) is 18.9 Å². The number of nitrogens with one attached hydrogen (secondary N) is 1. The molecule has 0 saturated carbocycles. The molecule has 1 saturated heterocycles. The summed E-state index contributed by atoms with van der Waals surface area (Å²) in [5.74, 6) is 0.264. The zero-order valence-corrected chi connectivity index (χ0v) is 20.2. The highest BCUT2D eigenvalue weighted by Crippen LogP contribution is 2.37. The average molecular weight is 515 g/mol. The Morgan fingerprint density at radius 1 is 1.00 bits per heavy atom. The first-order valence-corrected chi connectivity index (χ1v) is 11.6. The fraction of sp³-hybridized carbons (Fsp3) is 0.500. The quantitative estimate of drug-likeness (QED) is 0.560. The van der Waals surface area contributed by atoms with Gasteiger partial charge in [0, 0.05) is 62.9 Å². The van der Waals surface area contributed by atoms with Gasteiger partial charge in [-0.1, -0.05) is 6.92 Å². The van der Waals surface area contributed by atoms with Crippen LogP contribution in [0.2, 0.25) is 0 Å². The zero-order valence-electron chi connectivity index (χ0n) is 20.2. The smallest absolute Gasteiger partial charge is 0.332 e. The molecule has 2 aromatic rings. The average Bonchev–Trinajstić information content (AvgIpc) is 3.41. The summed E-state index contributed by atoms with van der Waals surface area (Å²) in [4.78, 5) is 12.8. The third-order valence-corrected chi connectivity index (χ3v) is 6.71. The first-order valence-electron chi connectivity index (χ1n) is 11.6. The molecule has 2 aliphatic rings. The molecule has 1 aromatic heterocycles. The molecule has 2 aliphatic heterocycles. The Morgan fingerprint density at radius 2 is 1.61 bits per heavy atom. The molecule has 1 unspecified atom stereocenters. The van der Waals surface area contributed by atoms with Gasteiger partial charge in [0.25, 0.3) is 0 Å². The van der Waals surface area contributed by atoms with Crippen LogP contribution >= 0.6 is 0 Å². The minimum absolute atomic E-state index is 0.100. The van der Waals surface area contributed by atoms with Crippen molar-refractivity contribution in [1.82, 2.24) is 25.3 Å². The number of rotatable bonds is 6. The number of hydrogen-bond acceptors (Lipinski definition) is 6. The molecule has 0 spiro atoms. The van der Waals surface area contributed by atoms with Gasteiger partial charge >= 0.3 is 12.4 Å². The summed E-state index contributed by atoms with van der Waals surface area (Å²) in [7, 11) is 3.81. The lowest BCUT2D eigenvalue weighted by Gasteiger charge is -2.29. The zero-order chi connectivity index (χ0) is 26.3. The molecule has 3 heterocycles. The maximum absolute atomic E-state index is 13.4. The van der Waals surface area contributed by atoms with E-state index in [-0.39, 0.29) is 36.2 Å². The van der Waals surface area contributed by atoms with Crippen LogP contribution in [-0.4, -0.2) is 59.1 Å². The summed E-state index contributed by atoms with van der Waals surface area (Å²) in [6.45, 7) is 3.05. The van der Waals surface area contributed by atoms with Crippen molar-refractivity contribution in [1.29, 1.82) is 0 Å². The number of likely N-dealkylation sites (N-methyl/N-ethyl adjacent to an activating group) is 1. The minimum Gasteiger partial charge on any atom is -0.332 e. The minimum atomic E-state index is -4.91. The SMILES string of the molecule is CC[C@@H]1CC(N(Cc2cc(C(F)(F)F)cc(C(F)(F)F)c2)c2ncc(C3=CN(C)NC3)cn2)CN1C. The number of hydrazine groups is 1. The van der Waals surface area contributed by atoms with Gasteiger partial charge in [-0.05, 0) is 49.2 Å². The van der Waals surface area contributed by atoms with Crippen molar-refractivity contribution in [3.8, 4) is 0 Å². The van der Waals surface area contributed by atoms with Gasteiger partial charge in [0.15, 0.2) is 0 Å². The molecule has 6 nitrogen and oxygen atoms in total. The molecule has 12 heteroatoms. The molecule has 1 aromatic carbocycles. The Kier molecular flexibility index (Phi) is 7.20. The van der Waals surface area contributed by atoms with Gasteiger partial charge in [0.1, 0.15) is 0 Å². The molecule has 1 N–H and O–H groups in total. The van der Waals surface area contributed by atoms with E-state index in [1.54, 1.807) is 22.3 Å². The molecular formula is C24H28F6N6. The van der Waals surface area contributed by atoms with E-state index in [1.165, 1.54) is 0 Å². The molecule has 0 bridgehead atoms. The van der Waals surface area contributed by atoms with E-state index in [0.29, 0.717) is 19.5 Å². The molecule has 4 rings (SSSR count). The van der Waals surface area contributed by atoms with Crippen molar-refractivity contribution in [3.63, 3.8) is 0 Å². The number of hydrogen-bond donors (Lipinski definition) is 1. The second kappa shape index (κ2) is 9.89. The summed E-state index contributed by atoms with van der Waals surface area (Å²) < 4.78 is 80.6. The lowest BCUT2D eigenvalue weighted by molar-refractivity contribution is -0.143. The number of halogens is 6. The molecule has 36 heavy (non-hydrogen) atoms. The monoisotopic (exact) mass is 514 g/mol. The fourth-order valence-electron chi connectivity index (χ4n) is 4.77. The maximum Gasteiger partial charge on any atom is 0.416 e. The van der Waals surface area contributed by atoms with Gasteiger partial charge in [-0.25, -0.2) is 15.4 Å². The summed E-state index contributed by atoms with van der Waals surface area (Å²) >= 11 is 0. The van der Waals surface area contributed by atoms with E-state index >= 15 is 0 Å². The normalized spacial score (nSPS) is 21.2. The van der Waals surface area contributed by atoms with E-state index in [9.17, 15) is 26.3 Å². The second-order valence-electron chi connectivity index (χ2n) is 9.31. The molecule has 0 aliphatic carbocycles. The van der Waals surface area contributed by atoms with Gasteiger partial charge in [-0.2, -0.15) is 26.3 Å². The molecule has 196 valence electrons. The topological polar surface area (TPSA) is 47.5 Å². The fourth-order valence-corrected chi connectivity index (χ4v) is 4.77. The first kappa shape index (κ1) is 26.2. The van der Waals surface area contributed by atoms with Crippen LogP contribution in [0, 0.1) is 0 Å². The van der Waals surface area contributed by atoms with Crippen LogP contribution in [0.15, 0.2) is 36.8 Å². The molecule has 1 fully saturated rings. The van der Waals surface area contributed by atoms with Crippen molar-refractivity contribution in [2.75, 3.05) is 32.1 Å². The lowest BCUT2D eigenvalue weighted by Crippen LogP contribution is -2.38. The summed E-state index contributed by atoms with van der Waals surface area (Å²) in [5.41, 5.74) is 2.11. The number of alkyl halides is 6. The van der Waals surface area contributed by atoms with E-state index in [2.05, 4.69) is 20.3 Å². The molecule has 2 atom stereocenters. The van der Waals surface area contributed by atoms with Crippen molar-refractivity contribution in [3.05, 3.63) is 59.0 Å². The Morgan fingerprint density at radius 3 is 2.08 bits per heavy atom. The third-order valence-electron chi connectivity index (χ3n) is 6.71. The number of likely N-dealkylation sites (tertiary alicyclic amines) is 1. The second-order valence-corrected chi connectivity index (χ2v) is 9.31. The predicted molar refractivity (Wildman–Crippen MR) is 124 cm³/mol. The number of nitrogens with zero attached hydrogens (tertiary/aromatic N) is 5. The van der Waals surface area contributed by atoms with Crippen molar-refractivity contribution < 1.29 is 26.3 Å². The van der Waals surface area contributed by atoms with Gasteiger partial charge in [-0.15, -0.1) is 0 Å². The van der Waals surface area contributed by atoms with Crippen LogP contribution in [0.3, 0.4) is 0 Å². The standard InChI is InChI=1S/C24H28F6N6/c1-4-20-8-21(14-34(20)2)36(22-31-9-16(10-32-22)17-11-33-35(3)13-17)12-15-5-18(23(25,26)27)7-19(6-15)24(28,29)30/h5-7,9-10,13,20-21,33H,4,8,11-12,14H2,1-3H3/t20-,21?/m1/s1. The highest BCUT2D eigenvalue weighted by atomic mass is 19.4. The van der Waals surface area contributed by atoms with Gasteiger partial charge in [0.05, 0.1) is 11.1 Å². The summed E-state index contributed by atoms with van der Waals surface area (Å²) in [5, 5.41) is 1.81. The highest BCUT2D eigenvalue weighted by molar-refractivity contribution is 5.67. The first-order chi connectivity index (χ1) is 16.8. The van der Waals surface area contributed by atoms with Crippen LogP contribution in [0.5, 0.6) is 0 Å². The largest absolute Gasteiger partial charge is 0.416 e. The van der Waals surface area contributed by atoms with E-state index in [4.69, 9.17) is 0 Å². The Labute approximate surface area is 205 Å². The Balaban J connectivity index is 1.70. The van der Waals surface area contributed by atoms with E-state index in [0.717, 1.165) is 29.7 Å². The highest BCUT2D eigenvalue weighted by Gasteiger charge is 2.38. The number of benzene rings is 1. The predicted octanol–water partition coefficient (Wildman–Crippen LogP) is 4.79. The van der Waals surface area contributed by atoms with Crippen LogP contribution in [0.4, 0.5) is 32.3 Å². The van der Waals surface area contributed by atoms with Crippen LogP contribution in [0.25, 0.3) is 5.57 Å². The van der Waals surface area contributed by atoms with Crippen molar-refractivity contribution >= 4 is 11.5 Å². The third kappa shape index (κ3) is 5.75.